The van der Waals surface area contributed by atoms with Gasteiger partial charge in [-0.25, -0.2) is 0 Å². The molecule has 0 bridgehead atoms. The molecule has 0 unspecified atom stereocenters. The van der Waals surface area contributed by atoms with Crippen molar-refractivity contribution in [3.05, 3.63) is 85.0 Å². The van der Waals surface area contributed by atoms with Crippen LogP contribution in [0, 0.1) is 21.4 Å². The van der Waals surface area contributed by atoms with Gasteiger partial charge in [0.2, 0.25) is 0 Å². The number of nitrogens with one attached hydrogen (secondary N) is 1. The van der Waals surface area contributed by atoms with Gasteiger partial charge in [-0.2, -0.15) is 5.26 Å². The van der Waals surface area contributed by atoms with E-state index in [-0.39, 0.29) is 11.3 Å². The number of hydrogen-bond donors (Lipinski definition) is 1. The Labute approximate surface area is 182 Å². The second kappa shape index (κ2) is 8.86. The third-order valence-corrected chi connectivity index (χ3v) is 5.18. The van der Waals surface area contributed by atoms with Gasteiger partial charge >= 0.3 is 0 Å². The van der Waals surface area contributed by atoms with Gasteiger partial charge in [0.25, 0.3) is 11.6 Å². The zero-order valence-corrected chi connectivity index (χ0v) is 17.7. The zero-order valence-electron chi connectivity index (χ0n) is 14.6. The molecule has 0 saturated heterocycles. The first-order chi connectivity index (χ1) is 13.9. The van der Waals surface area contributed by atoms with Crippen molar-refractivity contribution in [3.8, 4) is 17.4 Å². The van der Waals surface area contributed by atoms with Crippen molar-refractivity contribution in [2.75, 3.05) is 5.32 Å². The SMILES string of the molecule is N#C/C(=C\c1ccc(-c2ccc([N+](=O)[O-])cc2Br)o1)C(=O)Nc1ccccc1Br. The number of hydrogen-bond acceptors (Lipinski definition) is 5. The molecule has 0 radical (unpaired) electrons. The Kier molecular flexibility index (Phi) is 6.26. The predicted octanol–water partition coefficient (Wildman–Crippen LogP) is 5.93. The summed E-state index contributed by atoms with van der Waals surface area (Å²) in [6, 6.07) is 16.4. The van der Waals surface area contributed by atoms with Gasteiger partial charge in [0, 0.05) is 32.7 Å². The van der Waals surface area contributed by atoms with E-state index in [2.05, 4.69) is 37.2 Å². The normalized spacial score (nSPS) is 11.0. The van der Waals surface area contributed by atoms with Crippen molar-refractivity contribution in [2.45, 2.75) is 0 Å². The highest BCUT2D eigenvalue weighted by Crippen LogP contribution is 2.33. The van der Waals surface area contributed by atoms with Gasteiger partial charge in [-0.1, -0.05) is 12.1 Å². The molecule has 1 N–H and O–H groups in total. The maximum absolute atomic E-state index is 12.4. The molecule has 2 aromatic carbocycles. The summed E-state index contributed by atoms with van der Waals surface area (Å²) in [5, 5.41) is 22.9. The van der Waals surface area contributed by atoms with Gasteiger partial charge < -0.3 is 9.73 Å². The molecule has 0 fully saturated rings. The number of non-ortho nitro benzene ring substituents is 1. The minimum absolute atomic E-state index is 0.0530. The van der Waals surface area contributed by atoms with E-state index >= 15 is 0 Å². The number of halogens is 2. The van der Waals surface area contributed by atoms with Gasteiger partial charge in [0.05, 0.1) is 10.6 Å². The van der Waals surface area contributed by atoms with Crippen LogP contribution in [0.3, 0.4) is 0 Å². The molecule has 1 aromatic heterocycles. The molecular weight excluding hydrogens is 506 g/mol. The van der Waals surface area contributed by atoms with Gasteiger partial charge in [-0.3, -0.25) is 14.9 Å². The lowest BCUT2D eigenvalue weighted by atomic mass is 10.1. The van der Waals surface area contributed by atoms with Crippen LogP contribution in [-0.2, 0) is 4.79 Å². The minimum Gasteiger partial charge on any atom is -0.457 e. The lowest BCUT2D eigenvalue weighted by molar-refractivity contribution is -0.384. The second-order valence-electron chi connectivity index (χ2n) is 5.73. The number of carbonyl (C=O) groups is 1. The Bertz CT molecular complexity index is 1180. The summed E-state index contributed by atoms with van der Waals surface area (Å²) in [4.78, 5) is 22.8. The van der Waals surface area contributed by atoms with Crippen molar-refractivity contribution in [1.82, 2.24) is 0 Å². The van der Waals surface area contributed by atoms with Crippen LogP contribution in [-0.4, -0.2) is 10.8 Å². The number of para-hydroxylation sites is 1. The summed E-state index contributed by atoms with van der Waals surface area (Å²) in [7, 11) is 0. The molecule has 0 saturated carbocycles. The lowest BCUT2D eigenvalue weighted by Crippen LogP contribution is -2.13. The summed E-state index contributed by atoms with van der Waals surface area (Å²) in [5.74, 6) is 0.152. The number of nitro benzene ring substituents is 1. The molecule has 1 heterocycles. The van der Waals surface area contributed by atoms with Crippen LogP contribution in [0.15, 0.2) is 73.5 Å². The number of carbonyl (C=O) groups excluding carboxylic acids is 1. The summed E-state index contributed by atoms with van der Waals surface area (Å²) in [6.07, 6.45) is 1.33. The fourth-order valence-corrected chi connectivity index (χ4v) is 3.38. The molecule has 0 atom stereocenters. The van der Waals surface area contributed by atoms with Crippen LogP contribution < -0.4 is 5.32 Å². The molecule has 0 aliphatic rings. The number of benzene rings is 2. The van der Waals surface area contributed by atoms with Crippen molar-refractivity contribution in [2.24, 2.45) is 0 Å². The van der Waals surface area contributed by atoms with E-state index in [9.17, 15) is 20.2 Å². The van der Waals surface area contributed by atoms with Gasteiger partial charge in [-0.05, 0) is 62.2 Å². The molecule has 7 nitrogen and oxygen atoms in total. The highest BCUT2D eigenvalue weighted by molar-refractivity contribution is 9.11. The van der Waals surface area contributed by atoms with Crippen LogP contribution in [0.1, 0.15) is 5.76 Å². The Morgan fingerprint density at radius 3 is 2.55 bits per heavy atom. The highest BCUT2D eigenvalue weighted by atomic mass is 79.9. The molecule has 0 aliphatic carbocycles. The molecule has 144 valence electrons. The topological polar surface area (TPSA) is 109 Å². The minimum atomic E-state index is -0.575. The number of nitrogens with zero attached hydrogens (tertiary/aromatic N) is 2. The van der Waals surface area contributed by atoms with E-state index in [1.165, 1.54) is 18.2 Å². The van der Waals surface area contributed by atoms with Gasteiger partial charge in [-0.15, -0.1) is 0 Å². The van der Waals surface area contributed by atoms with Crippen molar-refractivity contribution >= 4 is 55.2 Å². The van der Waals surface area contributed by atoms with E-state index in [1.807, 2.05) is 12.1 Å². The van der Waals surface area contributed by atoms with E-state index in [0.717, 1.165) is 0 Å². The largest absolute Gasteiger partial charge is 0.457 e. The third kappa shape index (κ3) is 4.80. The predicted molar refractivity (Wildman–Crippen MR) is 115 cm³/mol. The standard InChI is InChI=1S/C20H11Br2N3O4/c21-16-3-1-2-4-18(16)24-20(26)12(11-23)9-14-6-8-19(29-14)15-7-5-13(25(27)28)10-17(15)22/h1-10H,(H,24,26)/b12-9+. The summed E-state index contributed by atoms with van der Waals surface area (Å²) >= 11 is 6.62. The molecule has 0 spiro atoms. The van der Waals surface area contributed by atoms with Crippen LogP contribution in [0.2, 0.25) is 0 Å². The van der Waals surface area contributed by atoms with Crippen molar-refractivity contribution in [1.29, 1.82) is 5.26 Å². The molecule has 0 aliphatic heterocycles. The maximum atomic E-state index is 12.4. The highest BCUT2D eigenvalue weighted by Gasteiger charge is 2.15. The van der Waals surface area contributed by atoms with Crippen molar-refractivity contribution < 1.29 is 14.1 Å². The third-order valence-electron chi connectivity index (χ3n) is 3.83. The van der Waals surface area contributed by atoms with E-state index in [0.29, 0.717) is 31.7 Å². The fraction of sp³-hybridized carbons (Fsp3) is 0. The van der Waals surface area contributed by atoms with E-state index in [4.69, 9.17) is 4.42 Å². The molecule has 9 heteroatoms. The lowest BCUT2D eigenvalue weighted by Gasteiger charge is -2.05. The number of rotatable bonds is 5. The van der Waals surface area contributed by atoms with Crippen LogP contribution in [0.4, 0.5) is 11.4 Å². The number of nitro groups is 1. The first-order valence-electron chi connectivity index (χ1n) is 8.11. The summed E-state index contributed by atoms with van der Waals surface area (Å²) < 4.78 is 6.87. The first-order valence-corrected chi connectivity index (χ1v) is 9.69. The van der Waals surface area contributed by atoms with Crippen LogP contribution >= 0.6 is 31.9 Å². The first kappa shape index (κ1) is 20.5. The van der Waals surface area contributed by atoms with Gasteiger partial charge in [0.15, 0.2) is 0 Å². The monoisotopic (exact) mass is 515 g/mol. The van der Waals surface area contributed by atoms with Crippen molar-refractivity contribution in [3.63, 3.8) is 0 Å². The van der Waals surface area contributed by atoms with E-state index < -0.39 is 10.8 Å². The van der Waals surface area contributed by atoms with Crippen LogP contribution in [0.25, 0.3) is 17.4 Å². The number of anilines is 1. The zero-order chi connectivity index (χ0) is 21.0. The Morgan fingerprint density at radius 2 is 1.90 bits per heavy atom. The molecule has 29 heavy (non-hydrogen) atoms. The van der Waals surface area contributed by atoms with Crippen LogP contribution in [0.5, 0.6) is 0 Å². The summed E-state index contributed by atoms with van der Waals surface area (Å²) in [6.45, 7) is 0. The maximum Gasteiger partial charge on any atom is 0.270 e. The smallest absolute Gasteiger partial charge is 0.270 e. The van der Waals surface area contributed by atoms with E-state index in [1.54, 1.807) is 36.4 Å². The quantitative estimate of drug-likeness (QED) is 0.196. The number of furan rings is 1. The average Bonchev–Trinajstić information content (AvgIpc) is 3.16. The van der Waals surface area contributed by atoms with Gasteiger partial charge in [0.1, 0.15) is 23.2 Å². The summed E-state index contributed by atoms with van der Waals surface area (Å²) in [5.41, 5.74) is 0.951. The molecule has 3 aromatic rings. The Hall–Kier alpha value is -3.22. The average molecular weight is 517 g/mol. The Balaban J connectivity index is 1.84. The second-order valence-corrected chi connectivity index (χ2v) is 7.44. The number of amides is 1. The Morgan fingerprint density at radius 1 is 1.14 bits per heavy atom. The molecule has 1 amide bonds. The molecule has 3 rings (SSSR count). The molecular formula is C20H11Br2N3O4. The fourth-order valence-electron chi connectivity index (χ4n) is 2.44. The number of nitriles is 1.